The van der Waals surface area contributed by atoms with Crippen molar-refractivity contribution in [2.45, 2.75) is 13.8 Å². The van der Waals surface area contributed by atoms with Gasteiger partial charge in [0.15, 0.2) is 11.6 Å². The van der Waals surface area contributed by atoms with Crippen molar-refractivity contribution >= 4 is 22.7 Å². The molecular formula is C13H16N4. The van der Waals surface area contributed by atoms with Gasteiger partial charge in [-0.3, -0.25) is 0 Å². The third kappa shape index (κ3) is 2.72. The smallest absolute Gasteiger partial charge is 0.169 e. The number of rotatable bonds is 3. The zero-order valence-corrected chi connectivity index (χ0v) is 10.1. The maximum atomic E-state index is 5.85. The molecule has 4 heteroatoms. The highest BCUT2D eigenvalue weighted by Crippen LogP contribution is 2.17. The highest BCUT2D eigenvalue weighted by atomic mass is 15.1. The lowest BCUT2D eigenvalue weighted by molar-refractivity contribution is 1.20. The number of hydrogen-bond donors (Lipinski definition) is 2. The van der Waals surface area contributed by atoms with Crippen LogP contribution in [0.2, 0.25) is 0 Å². The SMILES string of the molecule is CC(C)=CCNc1nc2ccccc2nc1N. The summed E-state index contributed by atoms with van der Waals surface area (Å²) < 4.78 is 0. The first-order chi connectivity index (χ1) is 8.16. The Bertz CT molecular complexity index is 556. The Hall–Kier alpha value is -2.10. The molecular weight excluding hydrogens is 212 g/mol. The van der Waals surface area contributed by atoms with Crippen LogP contribution in [0.3, 0.4) is 0 Å². The number of nitrogen functional groups attached to an aromatic ring is 1. The van der Waals surface area contributed by atoms with Crippen LogP contribution in [0.5, 0.6) is 0 Å². The zero-order valence-electron chi connectivity index (χ0n) is 10.1. The molecule has 17 heavy (non-hydrogen) atoms. The van der Waals surface area contributed by atoms with E-state index in [1.165, 1.54) is 5.57 Å². The van der Waals surface area contributed by atoms with E-state index in [1.54, 1.807) is 0 Å². The molecule has 3 N–H and O–H groups in total. The van der Waals surface area contributed by atoms with Crippen LogP contribution in [0.15, 0.2) is 35.9 Å². The van der Waals surface area contributed by atoms with Gasteiger partial charge >= 0.3 is 0 Å². The fraction of sp³-hybridized carbons (Fsp3) is 0.231. The number of aromatic nitrogens is 2. The minimum absolute atomic E-state index is 0.436. The van der Waals surface area contributed by atoms with Crippen LogP contribution in [0.1, 0.15) is 13.8 Å². The maximum absolute atomic E-state index is 5.85. The van der Waals surface area contributed by atoms with E-state index in [4.69, 9.17) is 5.73 Å². The second kappa shape index (κ2) is 4.82. The summed E-state index contributed by atoms with van der Waals surface area (Å²) in [6, 6.07) is 7.69. The van der Waals surface area contributed by atoms with Gasteiger partial charge in [0.2, 0.25) is 0 Å². The Morgan fingerprint density at radius 3 is 2.53 bits per heavy atom. The van der Waals surface area contributed by atoms with E-state index in [1.807, 2.05) is 24.3 Å². The van der Waals surface area contributed by atoms with E-state index in [0.29, 0.717) is 18.2 Å². The number of para-hydroxylation sites is 2. The van der Waals surface area contributed by atoms with Crippen LogP contribution in [0, 0.1) is 0 Å². The monoisotopic (exact) mass is 228 g/mol. The molecule has 1 aromatic carbocycles. The number of anilines is 2. The van der Waals surface area contributed by atoms with E-state index in [-0.39, 0.29) is 0 Å². The number of benzene rings is 1. The molecule has 0 fully saturated rings. The van der Waals surface area contributed by atoms with E-state index in [2.05, 4.69) is 35.2 Å². The van der Waals surface area contributed by atoms with E-state index in [9.17, 15) is 0 Å². The Kier molecular flexibility index (Phi) is 3.23. The molecule has 88 valence electrons. The number of nitrogens with one attached hydrogen (secondary N) is 1. The Morgan fingerprint density at radius 1 is 1.24 bits per heavy atom. The predicted molar refractivity (Wildman–Crippen MR) is 71.9 cm³/mol. The summed E-state index contributed by atoms with van der Waals surface area (Å²) in [5, 5.41) is 3.16. The van der Waals surface area contributed by atoms with Crippen molar-refractivity contribution < 1.29 is 0 Å². The van der Waals surface area contributed by atoms with E-state index < -0.39 is 0 Å². The van der Waals surface area contributed by atoms with Gasteiger partial charge in [-0.05, 0) is 26.0 Å². The van der Waals surface area contributed by atoms with Gasteiger partial charge in [0, 0.05) is 6.54 Å². The minimum atomic E-state index is 0.436. The first kappa shape index (κ1) is 11.4. The van der Waals surface area contributed by atoms with Crippen molar-refractivity contribution in [3.63, 3.8) is 0 Å². The molecule has 0 unspecified atom stereocenters. The Morgan fingerprint density at radius 2 is 1.88 bits per heavy atom. The van der Waals surface area contributed by atoms with Gasteiger partial charge in [-0.15, -0.1) is 0 Å². The average molecular weight is 228 g/mol. The molecule has 2 rings (SSSR count). The van der Waals surface area contributed by atoms with Gasteiger partial charge in [-0.1, -0.05) is 23.8 Å². The Balaban J connectivity index is 2.28. The number of nitrogens with two attached hydrogens (primary N) is 1. The Labute approximate surface area is 101 Å². The van der Waals surface area contributed by atoms with Crippen molar-refractivity contribution in [3.8, 4) is 0 Å². The number of hydrogen-bond acceptors (Lipinski definition) is 4. The lowest BCUT2D eigenvalue weighted by atomic mass is 10.3. The van der Waals surface area contributed by atoms with E-state index in [0.717, 1.165) is 11.0 Å². The van der Waals surface area contributed by atoms with Gasteiger partial charge in [-0.2, -0.15) is 0 Å². The third-order valence-electron chi connectivity index (χ3n) is 2.38. The van der Waals surface area contributed by atoms with Crippen LogP contribution in [0.25, 0.3) is 11.0 Å². The number of allylic oxidation sites excluding steroid dienone is 1. The molecule has 0 radical (unpaired) electrons. The quantitative estimate of drug-likeness (QED) is 0.792. The number of nitrogens with zero attached hydrogens (tertiary/aromatic N) is 2. The van der Waals surface area contributed by atoms with E-state index >= 15 is 0 Å². The normalized spacial score (nSPS) is 10.2. The lowest BCUT2D eigenvalue weighted by Crippen LogP contribution is -2.06. The summed E-state index contributed by atoms with van der Waals surface area (Å²) in [6.45, 7) is 4.81. The van der Waals surface area contributed by atoms with Crippen LogP contribution in [-0.2, 0) is 0 Å². The first-order valence-electron chi connectivity index (χ1n) is 5.56. The summed E-state index contributed by atoms with van der Waals surface area (Å²) in [5.41, 5.74) is 8.77. The average Bonchev–Trinajstić information content (AvgIpc) is 2.29. The van der Waals surface area contributed by atoms with Crippen molar-refractivity contribution in [2.24, 2.45) is 0 Å². The van der Waals surface area contributed by atoms with Crippen molar-refractivity contribution in [3.05, 3.63) is 35.9 Å². The van der Waals surface area contributed by atoms with Gasteiger partial charge in [0.05, 0.1) is 11.0 Å². The molecule has 0 saturated heterocycles. The molecule has 1 aromatic heterocycles. The van der Waals surface area contributed by atoms with Gasteiger partial charge < -0.3 is 11.1 Å². The fourth-order valence-electron chi connectivity index (χ4n) is 1.50. The molecule has 0 aliphatic heterocycles. The standard InChI is InChI=1S/C13H16N4/c1-9(2)7-8-15-13-12(14)16-10-5-3-4-6-11(10)17-13/h3-7H,8H2,1-2H3,(H2,14,16)(H,15,17). The third-order valence-corrected chi connectivity index (χ3v) is 2.38. The topological polar surface area (TPSA) is 63.8 Å². The van der Waals surface area contributed by atoms with Crippen LogP contribution in [-0.4, -0.2) is 16.5 Å². The molecule has 4 nitrogen and oxygen atoms in total. The lowest BCUT2D eigenvalue weighted by Gasteiger charge is -2.07. The summed E-state index contributed by atoms with van der Waals surface area (Å²) >= 11 is 0. The summed E-state index contributed by atoms with van der Waals surface area (Å²) in [6.07, 6.45) is 2.08. The highest BCUT2D eigenvalue weighted by molar-refractivity contribution is 5.79. The molecule has 0 spiro atoms. The van der Waals surface area contributed by atoms with Crippen LogP contribution in [0.4, 0.5) is 11.6 Å². The molecule has 0 amide bonds. The maximum Gasteiger partial charge on any atom is 0.169 e. The molecule has 2 aromatic rings. The molecule has 0 bridgehead atoms. The molecule has 0 aliphatic rings. The van der Waals surface area contributed by atoms with Crippen molar-refractivity contribution in [2.75, 3.05) is 17.6 Å². The molecule has 0 aliphatic carbocycles. The highest BCUT2D eigenvalue weighted by Gasteiger charge is 2.03. The van der Waals surface area contributed by atoms with Gasteiger partial charge in [0.25, 0.3) is 0 Å². The van der Waals surface area contributed by atoms with Crippen LogP contribution < -0.4 is 11.1 Å². The largest absolute Gasteiger partial charge is 0.381 e. The van der Waals surface area contributed by atoms with Crippen molar-refractivity contribution in [1.29, 1.82) is 0 Å². The van der Waals surface area contributed by atoms with Crippen LogP contribution >= 0.6 is 0 Å². The minimum Gasteiger partial charge on any atom is -0.381 e. The predicted octanol–water partition coefficient (Wildman–Crippen LogP) is 2.59. The molecule has 0 atom stereocenters. The van der Waals surface area contributed by atoms with Crippen molar-refractivity contribution in [1.82, 2.24) is 9.97 Å². The first-order valence-corrected chi connectivity index (χ1v) is 5.56. The summed E-state index contributed by atoms with van der Waals surface area (Å²) in [4.78, 5) is 8.75. The molecule has 0 saturated carbocycles. The summed E-state index contributed by atoms with van der Waals surface area (Å²) in [5.74, 6) is 1.08. The summed E-state index contributed by atoms with van der Waals surface area (Å²) in [7, 11) is 0. The fourth-order valence-corrected chi connectivity index (χ4v) is 1.50. The van der Waals surface area contributed by atoms with Gasteiger partial charge in [0.1, 0.15) is 0 Å². The zero-order chi connectivity index (χ0) is 12.3. The molecule has 1 heterocycles. The second-order valence-electron chi connectivity index (χ2n) is 4.11. The van der Waals surface area contributed by atoms with Gasteiger partial charge in [-0.25, -0.2) is 9.97 Å². The second-order valence-corrected chi connectivity index (χ2v) is 4.11. The number of fused-ring (bicyclic) bond motifs is 1.